The minimum Gasteiger partial charge on any atom is -0.457 e. The van der Waals surface area contributed by atoms with Gasteiger partial charge in [0.2, 0.25) is 0 Å². The molecule has 1 aromatic heterocycles. The summed E-state index contributed by atoms with van der Waals surface area (Å²) >= 11 is 0. The Hall–Kier alpha value is -3.08. The molecule has 1 fully saturated rings. The first-order valence-electron chi connectivity index (χ1n) is 9.48. The molecule has 0 aliphatic heterocycles. The third-order valence-electron chi connectivity index (χ3n) is 4.90. The van der Waals surface area contributed by atoms with Gasteiger partial charge >= 0.3 is 0 Å². The third-order valence-corrected chi connectivity index (χ3v) is 4.90. The quantitative estimate of drug-likeness (QED) is 0.677. The van der Waals surface area contributed by atoms with E-state index in [1.54, 1.807) is 6.07 Å². The highest BCUT2D eigenvalue weighted by Gasteiger charge is 2.19. The summed E-state index contributed by atoms with van der Waals surface area (Å²) in [5.74, 6) is 1.37. The molecular formula is C22H23N3O2. The number of aromatic amines is 1. The van der Waals surface area contributed by atoms with Crippen molar-refractivity contribution in [2.45, 2.75) is 38.1 Å². The number of rotatable bonds is 5. The van der Waals surface area contributed by atoms with Crippen molar-refractivity contribution in [1.82, 2.24) is 15.5 Å². The number of hydrogen-bond donors (Lipinski definition) is 2. The van der Waals surface area contributed by atoms with Crippen LogP contribution in [-0.4, -0.2) is 22.1 Å². The molecule has 5 heteroatoms. The van der Waals surface area contributed by atoms with E-state index >= 15 is 0 Å². The lowest BCUT2D eigenvalue weighted by Gasteiger charge is -2.22. The van der Waals surface area contributed by atoms with Crippen LogP contribution in [0.5, 0.6) is 11.5 Å². The molecule has 27 heavy (non-hydrogen) atoms. The van der Waals surface area contributed by atoms with Gasteiger partial charge in [0.15, 0.2) is 0 Å². The van der Waals surface area contributed by atoms with Gasteiger partial charge in [-0.15, -0.1) is 0 Å². The maximum absolute atomic E-state index is 12.5. The number of hydrogen-bond acceptors (Lipinski definition) is 3. The number of nitrogens with zero attached hydrogens (tertiary/aromatic N) is 1. The molecule has 0 atom stereocenters. The molecule has 1 amide bonds. The third kappa shape index (κ3) is 4.19. The SMILES string of the molecule is O=C(NC1CCCCC1)c1cc(-c2ccccc2Oc2ccccc2)n[nH]1. The number of H-pyrrole nitrogens is 1. The van der Waals surface area contributed by atoms with E-state index in [-0.39, 0.29) is 11.9 Å². The number of nitrogens with one attached hydrogen (secondary N) is 2. The molecule has 3 aromatic rings. The average Bonchev–Trinajstić information content (AvgIpc) is 3.20. The van der Waals surface area contributed by atoms with Gasteiger partial charge < -0.3 is 10.1 Å². The molecule has 0 radical (unpaired) electrons. The molecule has 1 saturated carbocycles. The topological polar surface area (TPSA) is 67.0 Å². The number of amides is 1. The summed E-state index contributed by atoms with van der Waals surface area (Å²) in [4.78, 5) is 12.5. The standard InChI is InChI=1S/C22H23N3O2/c26-22(23-16-9-3-1-4-10-16)20-15-19(24-25-20)18-13-7-8-14-21(18)27-17-11-5-2-6-12-17/h2,5-8,11-16H,1,3-4,9-10H2,(H,23,26)(H,24,25). The number of aromatic nitrogens is 2. The van der Waals surface area contributed by atoms with E-state index in [9.17, 15) is 4.79 Å². The summed E-state index contributed by atoms with van der Waals surface area (Å²) in [7, 11) is 0. The van der Waals surface area contributed by atoms with Crippen LogP contribution >= 0.6 is 0 Å². The van der Waals surface area contributed by atoms with Crippen LogP contribution in [0.2, 0.25) is 0 Å². The Balaban J connectivity index is 1.52. The van der Waals surface area contributed by atoms with Crippen molar-refractivity contribution in [3.05, 3.63) is 66.4 Å². The summed E-state index contributed by atoms with van der Waals surface area (Å²) in [5, 5.41) is 10.3. The molecule has 4 rings (SSSR count). The second kappa shape index (κ2) is 8.08. The second-order valence-corrected chi connectivity index (χ2v) is 6.89. The zero-order chi connectivity index (χ0) is 18.5. The Morgan fingerprint density at radius 3 is 2.56 bits per heavy atom. The zero-order valence-corrected chi connectivity index (χ0v) is 15.2. The fraction of sp³-hybridized carbons (Fsp3) is 0.273. The molecule has 0 unspecified atom stereocenters. The Morgan fingerprint density at radius 1 is 1.00 bits per heavy atom. The second-order valence-electron chi connectivity index (χ2n) is 6.89. The predicted octanol–water partition coefficient (Wildman–Crippen LogP) is 4.93. The molecule has 5 nitrogen and oxygen atoms in total. The Kier molecular flexibility index (Phi) is 5.19. The molecule has 2 N–H and O–H groups in total. The minimum atomic E-state index is -0.0953. The summed E-state index contributed by atoms with van der Waals surface area (Å²) in [6, 6.07) is 19.4. The van der Waals surface area contributed by atoms with Crippen molar-refractivity contribution in [2.24, 2.45) is 0 Å². The highest BCUT2D eigenvalue weighted by atomic mass is 16.5. The van der Waals surface area contributed by atoms with Crippen molar-refractivity contribution in [3.63, 3.8) is 0 Å². The van der Waals surface area contributed by atoms with Crippen LogP contribution in [-0.2, 0) is 0 Å². The number of carbonyl (C=O) groups is 1. The van der Waals surface area contributed by atoms with E-state index in [0.29, 0.717) is 17.1 Å². The number of para-hydroxylation sites is 2. The van der Waals surface area contributed by atoms with Crippen molar-refractivity contribution in [1.29, 1.82) is 0 Å². The average molecular weight is 361 g/mol. The molecular weight excluding hydrogens is 338 g/mol. The minimum absolute atomic E-state index is 0.0953. The van der Waals surface area contributed by atoms with E-state index in [1.807, 2.05) is 54.6 Å². The van der Waals surface area contributed by atoms with Gasteiger partial charge in [0.25, 0.3) is 5.91 Å². The van der Waals surface area contributed by atoms with Crippen LogP contribution in [0.15, 0.2) is 60.7 Å². The summed E-state index contributed by atoms with van der Waals surface area (Å²) in [6.07, 6.45) is 5.74. The van der Waals surface area contributed by atoms with E-state index in [0.717, 1.165) is 24.2 Å². The van der Waals surface area contributed by atoms with E-state index in [1.165, 1.54) is 19.3 Å². The lowest BCUT2D eigenvalue weighted by molar-refractivity contribution is 0.0922. The molecule has 0 bridgehead atoms. The predicted molar refractivity (Wildman–Crippen MR) is 105 cm³/mol. The van der Waals surface area contributed by atoms with Crippen molar-refractivity contribution in [2.75, 3.05) is 0 Å². The van der Waals surface area contributed by atoms with Crippen molar-refractivity contribution in [3.8, 4) is 22.8 Å². The maximum Gasteiger partial charge on any atom is 0.269 e. The zero-order valence-electron chi connectivity index (χ0n) is 15.2. The van der Waals surface area contributed by atoms with Crippen LogP contribution < -0.4 is 10.1 Å². The first-order chi connectivity index (χ1) is 13.3. The van der Waals surface area contributed by atoms with Gasteiger partial charge in [0, 0.05) is 11.6 Å². The fourth-order valence-electron chi connectivity index (χ4n) is 3.47. The number of carbonyl (C=O) groups excluding carboxylic acids is 1. The lowest BCUT2D eigenvalue weighted by atomic mass is 9.95. The van der Waals surface area contributed by atoms with Gasteiger partial charge in [0.05, 0.1) is 5.69 Å². The van der Waals surface area contributed by atoms with Crippen LogP contribution in [0.1, 0.15) is 42.6 Å². The molecule has 2 aromatic carbocycles. The Labute approximate surface area is 158 Å². The lowest BCUT2D eigenvalue weighted by Crippen LogP contribution is -2.36. The largest absolute Gasteiger partial charge is 0.457 e. The summed E-state index contributed by atoms with van der Waals surface area (Å²) in [6.45, 7) is 0. The Morgan fingerprint density at radius 2 is 1.74 bits per heavy atom. The summed E-state index contributed by atoms with van der Waals surface area (Å²) < 4.78 is 6.00. The maximum atomic E-state index is 12.5. The van der Waals surface area contributed by atoms with Gasteiger partial charge in [-0.1, -0.05) is 49.6 Å². The molecule has 1 aliphatic rings. The van der Waals surface area contributed by atoms with Gasteiger partial charge in [0.1, 0.15) is 17.2 Å². The first-order valence-corrected chi connectivity index (χ1v) is 9.48. The fourth-order valence-corrected chi connectivity index (χ4v) is 3.47. The van der Waals surface area contributed by atoms with Gasteiger partial charge in [-0.2, -0.15) is 5.10 Å². The Bertz CT molecular complexity index is 899. The van der Waals surface area contributed by atoms with E-state index < -0.39 is 0 Å². The van der Waals surface area contributed by atoms with Crippen molar-refractivity contribution >= 4 is 5.91 Å². The monoisotopic (exact) mass is 361 g/mol. The van der Waals surface area contributed by atoms with Gasteiger partial charge in [-0.25, -0.2) is 0 Å². The van der Waals surface area contributed by atoms with E-state index in [2.05, 4.69) is 15.5 Å². The van der Waals surface area contributed by atoms with Crippen LogP contribution in [0.3, 0.4) is 0 Å². The van der Waals surface area contributed by atoms with Crippen molar-refractivity contribution < 1.29 is 9.53 Å². The van der Waals surface area contributed by atoms with Crippen LogP contribution in [0, 0.1) is 0 Å². The number of benzene rings is 2. The van der Waals surface area contributed by atoms with Gasteiger partial charge in [-0.3, -0.25) is 9.89 Å². The smallest absolute Gasteiger partial charge is 0.269 e. The normalized spacial score (nSPS) is 14.7. The summed E-state index contributed by atoms with van der Waals surface area (Å²) in [5.41, 5.74) is 2.01. The van der Waals surface area contributed by atoms with Crippen LogP contribution in [0.25, 0.3) is 11.3 Å². The molecule has 0 saturated heterocycles. The molecule has 1 aliphatic carbocycles. The van der Waals surface area contributed by atoms with E-state index in [4.69, 9.17) is 4.74 Å². The van der Waals surface area contributed by atoms with Crippen LogP contribution in [0.4, 0.5) is 0 Å². The molecule has 0 spiro atoms. The highest BCUT2D eigenvalue weighted by Crippen LogP contribution is 2.32. The highest BCUT2D eigenvalue weighted by molar-refractivity contribution is 5.93. The molecule has 138 valence electrons. The molecule has 1 heterocycles. The number of ether oxygens (including phenoxy) is 1. The van der Waals surface area contributed by atoms with Gasteiger partial charge in [-0.05, 0) is 43.2 Å². The first kappa shape index (κ1) is 17.3.